The van der Waals surface area contributed by atoms with Gasteiger partial charge in [0.2, 0.25) is 11.8 Å². The predicted molar refractivity (Wildman–Crippen MR) is 150 cm³/mol. The van der Waals surface area contributed by atoms with Crippen molar-refractivity contribution in [2.24, 2.45) is 5.92 Å². The summed E-state index contributed by atoms with van der Waals surface area (Å²) < 4.78 is 5.48. The van der Waals surface area contributed by atoms with Gasteiger partial charge in [-0.15, -0.1) is 0 Å². The van der Waals surface area contributed by atoms with Crippen LogP contribution in [0.15, 0.2) is 18.2 Å². The molecule has 1 aromatic carbocycles. The lowest BCUT2D eigenvalue weighted by Gasteiger charge is -2.45. The molecule has 0 saturated carbocycles. The van der Waals surface area contributed by atoms with Gasteiger partial charge in [-0.3, -0.25) is 9.59 Å². The molecule has 0 saturated heterocycles. The van der Waals surface area contributed by atoms with Gasteiger partial charge in [0.25, 0.3) is 0 Å². The summed E-state index contributed by atoms with van der Waals surface area (Å²) in [4.78, 5) is 42.8. The van der Waals surface area contributed by atoms with Crippen LogP contribution in [0.5, 0.6) is 0 Å². The van der Waals surface area contributed by atoms with Crippen LogP contribution in [0.3, 0.4) is 0 Å². The van der Waals surface area contributed by atoms with E-state index < -0.39 is 34.9 Å². The molecule has 0 aliphatic rings. The molecule has 1 aromatic rings. The molecule has 0 fully saturated rings. The molecule has 210 valence electrons. The molecule has 7 heteroatoms. The van der Waals surface area contributed by atoms with E-state index in [1.807, 2.05) is 87.4 Å². The SMILES string of the molecule is CCC(C)(C)N(C(=O)C(CC(C)C)NC(=O)OC(C)(C)C)C(C(=O)NC(C)(C)C)c1ccc(C)cc1C. The van der Waals surface area contributed by atoms with Crippen LogP contribution in [-0.2, 0) is 14.3 Å². The topological polar surface area (TPSA) is 87.7 Å². The van der Waals surface area contributed by atoms with Crippen molar-refractivity contribution in [2.75, 3.05) is 0 Å². The normalized spacial score (nSPS) is 14.1. The first-order valence-corrected chi connectivity index (χ1v) is 13.4. The number of alkyl carbamates (subject to hydrolysis) is 1. The number of amides is 3. The lowest BCUT2D eigenvalue weighted by Crippen LogP contribution is -2.60. The lowest BCUT2D eigenvalue weighted by atomic mass is 9.88. The van der Waals surface area contributed by atoms with Crippen LogP contribution in [0.1, 0.15) is 112 Å². The number of nitrogens with zero attached hydrogens (tertiary/aromatic N) is 1. The third-order valence-corrected chi connectivity index (χ3v) is 6.18. The van der Waals surface area contributed by atoms with E-state index in [1.54, 1.807) is 25.7 Å². The maximum atomic E-state index is 14.4. The number of nitrogens with one attached hydrogen (secondary N) is 2. The highest BCUT2D eigenvalue weighted by Gasteiger charge is 2.44. The third-order valence-electron chi connectivity index (χ3n) is 6.18. The van der Waals surface area contributed by atoms with Gasteiger partial charge in [-0.2, -0.15) is 0 Å². The van der Waals surface area contributed by atoms with Crippen LogP contribution < -0.4 is 10.6 Å². The maximum absolute atomic E-state index is 14.4. The molecule has 0 aliphatic heterocycles. The van der Waals surface area contributed by atoms with Crippen molar-refractivity contribution in [3.63, 3.8) is 0 Å². The van der Waals surface area contributed by atoms with E-state index in [0.717, 1.165) is 16.7 Å². The second kappa shape index (κ2) is 12.3. The fourth-order valence-electron chi connectivity index (χ4n) is 4.22. The van der Waals surface area contributed by atoms with Crippen molar-refractivity contribution in [3.05, 3.63) is 34.9 Å². The monoisotopic (exact) mass is 517 g/mol. The molecule has 0 heterocycles. The van der Waals surface area contributed by atoms with E-state index in [0.29, 0.717) is 12.8 Å². The Labute approximate surface area is 225 Å². The molecule has 0 aliphatic carbocycles. The van der Waals surface area contributed by atoms with Crippen LogP contribution in [-0.4, -0.2) is 45.5 Å². The lowest BCUT2D eigenvalue weighted by molar-refractivity contribution is -0.150. The van der Waals surface area contributed by atoms with E-state index in [2.05, 4.69) is 10.6 Å². The fraction of sp³-hybridized carbons (Fsp3) is 0.700. The van der Waals surface area contributed by atoms with E-state index in [1.165, 1.54) is 0 Å². The van der Waals surface area contributed by atoms with Crippen LogP contribution in [0.2, 0.25) is 0 Å². The Kier molecular flexibility index (Phi) is 10.8. The largest absolute Gasteiger partial charge is 0.444 e. The van der Waals surface area contributed by atoms with Gasteiger partial charge in [-0.25, -0.2) is 4.79 Å². The Morgan fingerprint density at radius 2 is 1.54 bits per heavy atom. The van der Waals surface area contributed by atoms with Gasteiger partial charge in [-0.05, 0) is 99.1 Å². The molecule has 1 rings (SSSR count). The molecular formula is C30H51N3O4. The highest BCUT2D eigenvalue weighted by atomic mass is 16.6. The van der Waals surface area contributed by atoms with Crippen molar-refractivity contribution in [1.29, 1.82) is 0 Å². The van der Waals surface area contributed by atoms with Crippen LogP contribution >= 0.6 is 0 Å². The first-order chi connectivity index (χ1) is 16.7. The molecule has 2 atom stereocenters. The summed E-state index contributed by atoms with van der Waals surface area (Å²) in [6.07, 6.45) is 0.376. The molecule has 3 amide bonds. The molecule has 2 unspecified atom stereocenters. The number of carbonyl (C=O) groups excluding carboxylic acids is 3. The van der Waals surface area contributed by atoms with Crippen molar-refractivity contribution in [3.8, 4) is 0 Å². The second-order valence-electron chi connectivity index (χ2n) is 13.2. The number of hydrogen-bond acceptors (Lipinski definition) is 4. The van der Waals surface area contributed by atoms with Gasteiger partial charge in [0, 0.05) is 11.1 Å². The Balaban J connectivity index is 3.75. The number of benzene rings is 1. The Morgan fingerprint density at radius 1 is 0.973 bits per heavy atom. The average Bonchev–Trinajstić information content (AvgIpc) is 2.68. The molecule has 0 spiro atoms. The minimum absolute atomic E-state index is 0.124. The molecule has 0 bridgehead atoms. The first kappa shape index (κ1) is 32.5. The Hall–Kier alpha value is -2.57. The van der Waals surface area contributed by atoms with E-state index >= 15 is 0 Å². The quantitative estimate of drug-likeness (QED) is 0.407. The zero-order valence-electron chi connectivity index (χ0n) is 25.5. The Bertz CT molecular complexity index is 955. The van der Waals surface area contributed by atoms with Crippen LogP contribution in [0.25, 0.3) is 0 Å². The summed E-state index contributed by atoms with van der Waals surface area (Å²) in [7, 11) is 0. The van der Waals surface area contributed by atoms with Crippen molar-refractivity contribution in [2.45, 2.75) is 132 Å². The van der Waals surface area contributed by atoms with Crippen molar-refractivity contribution < 1.29 is 19.1 Å². The molecular weight excluding hydrogens is 466 g/mol. The average molecular weight is 518 g/mol. The fourth-order valence-corrected chi connectivity index (χ4v) is 4.22. The van der Waals surface area contributed by atoms with Gasteiger partial charge in [0.15, 0.2) is 0 Å². The summed E-state index contributed by atoms with van der Waals surface area (Å²) in [5, 5.41) is 5.91. The summed E-state index contributed by atoms with van der Waals surface area (Å²) in [5.74, 6) is -0.436. The van der Waals surface area contributed by atoms with E-state index in [9.17, 15) is 14.4 Å². The number of rotatable bonds is 9. The molecule has 0 radical (unpaired) electrons. The number of carbonyl (C=O) groups is 3. The van der Waals surface area contributed by atoms with Gasteiger partial charge in [0.1, 0.15) is 17.7 Å². The zero-order chi connectivity index (χ0) is 28.9. The second-order valence-corrected chi connectivity index (χ2v) is 13.2. The van der Waals surface area contributed by atoms with Crippen LogP contribution in [0.4, 0.5) is 4.79 Å². The Morgan fingerprint density at radius 3 is 1.97 bits per heavy atom. The molecule has 2 N–H and O–H groups in total. The van der Waals surface area contributed by atoms with Gasteiger partial charge >= 0.3 is 6.09 Å². The number of ether oxygens (including phenoxy) is 1. The molecule has 0 aromatic heterocycles. The number of hydrogen-bond donors (Lipinski definition) is 2. The van der Waals surface area contributed by atoms with Gasteiger partial charge in [0.05, 0.1) is 0 Å². The smallest absolute Gasteiger partial charge is 0.408 e. The minimum atomic E-state index is -0.877. The van der Waals surface area contributed by atoms with E-state index in [-0.39, 0.29) is 17.7 Å². The van der Waals surface area contributed by atoms with E-state index in [4.69, 9.17) is 4.74 Å². The molecule has 7 nitrogen and oxygen atoms in total. The standard InChI is InChI=1S/C30H51N3O4/c1-14-30(12,13)33(26(35)23(17-19(2)3)31-27(36)37-29(9,10)11)24(25(34)32-28(6,7)8)22-16-15-20(4)18-21(22)5/h15-16,18-19,23-24H,14,17H2,1-13H3,(H,31,36)(H,32,34). The minimum Gasteiger partial charge on any atom is -0.444 e. The van der Waals surface area contributed by atoms with Gasteiger partial charge in [-0.1, -0.05) is 44.5 Å². The highest BCUT2D eigenvalue weighted by Crippen LogP contribution is 2.35. The summed E-state index contributed by atoms with van der Waals surface area (Å²) in [5.41, 5.74) is 0.895. The maximum Gasteiger partial charge on any atom is 0.408 e. The first-order valence-electron chi connectivity index (χ1n) is 13.4. The highest BCUT2D eigenvalue weighted by molar-refractivity contribution is 5.93. The summed E-state index contributed by atoms with van der Waals surface area (Å²) in [6.45, 7) is 25.0. The third kappa shape index (κ3) is 10.0. The van der Waals surface area contributed by atoms with Gasteiger partial charge < -0.3 is 20.3 Å². The molecule has 37 heavy (non-hydrogen) atoms. The number of aryl methyl sites for hydroxylation is 2. The predicted octanol–water partition coefficient (Wildman–Crippen LogP) is 6.22. The van der Waals surface area contributed by atoms with Crippen molar-refractivity contribution in [1.82, 2.24) is 15.5 Å². The zero-order valence-corrected chi connectivity index (χ0v) is 25.5. The summed E-state index contributed by atoms with van der Waals surface area (Å²) in [6, 6.07) is 4.20. The van der Waals surface area contributed by atoms with Crippen molar-refractivity contribution >= 4 is 17.9 Å². The summed E-state index contributed by atoms with van der Waals surface area (Å²) >= 11 is 0. The van der Waals surface area contributed by atoms with Crippen LogP contribution in [0, 0.1) is 19.8 Å².